The van der Waals surface area contributed by atoms with Crippen LogP contribution in [0.4, 0.5) is 0 Å². The quantitative estimate of drug-likeness (QED) is 0.605. The topological polar surface area (TPSA) is 20.2 Å². The fourth-order valence-electron chi connectivity index (χ4n) is 8.06. The van der Waals surface area contributed by atoms with E-state index >= 15 is 0 Å². The van der Waals surface area contributed by atoms with Crippen LogP contribution in [0.2, 0.25) is 0 Å². The van der Waals surface area contributed by atoms with Crippen molar-refractivity contribution in [2.45, 2.75) is 77.7 Å². The predicted octanol–water partition coefficient (Wildman–Crippen LogP) is 6.47. The number of hydrogen-bond acceptors (Lipinski definition) is 1. The standard InChI is InChI=1S/C26H36O/c1-25-14-7-6-10-20(25)11-12-21-22(25)13-15-26(2)23(21)17-19(24(26)27)16-18-8-4-3-5-9-18/h3-5,8-9,16,20-24,27H,6-7,10-15,17H2,1-2H3/b19-16-/t20-,21+,22-,23-,24-,25+,26-/m1/s1. The zero-order chi connectivity index (χ0) is 18.6. The van der Waals surface area contributed by atoms with E-state index in [0.717, 1.165) is 24.2 Å². The highest BCUT2D eigenvalue weighted by molar-refractivity contribution is 5.55. The van der Waals surface area contributed by atoms with E-state index in [9.17, 15) is 5.11 Å². The van der Waals surface area contributed by atoms with E-state index in [1.807, 2.05) is 0 Å². The van der Waals surface area contributed by atoms with Gasteiger partial charge < -0.3 is 5.11 Å². The van der Waals surface area contributed by atoms with Crippen molar-refractivity contribution in [2.24, 2.45) is 34.5 Å². The Labute approximate surface area is 165 Å². The van der Waals surface area contributed by atoms with Gasteiger partial charge in [-0.2, -0.15) is 0 Å². The summed E-state index contributed by atoms with van der Waals surface area (Å²) in [6, 6.07) is 10.6. The van der Waals surface area contributed by atoms with Crippen LogP contribution in [0.5, 0.6) is 0 Å². The van der Waals surface area contributed by atoms with Crippen molar-refractivity contribution in [1.29, 1.82) is 0 Å². The first kappa shape index (κ1) is 18.0. The third kappa shape index (κ3) is 2.68. The highest BCUT2D eigenvalue weighted by Crippen LogP contribution is 2.67. The number of benzene rings is 1. The van der Waals surface area contributed by atoms with Crippen LogP contribution < -0.4 is 0 Å². The summed E-state index contributed by atoms with van der Waals surface area (Å²) >= 11 is 0. The Balaban J connectivity index is 1.46. The van der Waals surface area contributed by atoms with Gasteiger partial charge in [-0.15, -0.1) is 0 Å². The number of fused-ring (bicyclic) bond motifs is 5. The lowest BCUT2D eigenvalue weighted by atomic mass is 9.45. The number of aliphatic hydroxyl groups is 1. The van der Waals surface area contributed by atoms with Crippen LogP contribution >= 0.6 is 0 Å². The maximum absolute atomic E-state index is 11.3. The van der Waals surface area contributed by atoms with Gasteiger partial charge in [0.1, 0.15) is 0 Å². The molecule has 4 aliphatic rings. The summed E-state index contributed by atoms with van der Waals surface area (Å²) in [5.74, 6) is 3.39. The third-order valence-electron chi connectivity index (χ3n) is 9.60. The second-order valence-corrected chi connectivity index (χ2v) is 10.7. The van der Waals surface area contributed by atoms with Crippen molar-refractivity contribution < 1.29 is 5.11 Å². The summed E-state index contributed by atoms with van der Waals surface area (Å²) in [7, 11) is 0. The van der Waals surface area contributed by atoms with E-state index in [-0.39, 0.29) is 11.5 Å². The molecule has 1 nitrogen and oxygen atoms in total. The molecule has 0 aromatic heterocycles. The Bertz CT molecular complexity index is 721. The average Bonchev–Trinajstić information content (AvgIpc) is 2.93. The molecule has 1 heteroatoms. The van der Waals surface area contributed by atoms with Gasteiger partial charge >= 0.3 is 0 Å². The lowest BCUT2D eigenvalue weighted by Crippen LogP contribution is -2.53. The zero-order valence-electron chi connectivity index (χ0n) is 17.2. The van der Waals surface area contributed by atoms with Crippen molar-refractivity contribution in [1.82, 2.24) is 0 Å². The molecule has 0 radical (unpaired) electrons. The van der Waals surface area contributed by atoms with Gasteiger partial charge in [-0.05, 0) is 85.2 Å². The van der Waals surface area contributed by atoms with Gasteiger partial charge in [-0.25, -0.2) is 0 Å². The fourth-order valence-corrected chi connectivity index (χ4v) is 8.06. The van der Waals surface area contributed by atoms with Gasteiger partial charge in [0.25, 0.3) is 0 Å². The van der Waals surface area contributed by atoms with Crippen LogP contribution in [-0.4, -0.2) is 11.2 Å². The minimum Gasteiger partial charge on any atom is -0.388 e. The fraction of sp³-hybridized carbons (Fsp3) is 0.692. The summed E-state index contributed by atoms with van der Waals surface area (Å²) in [6.07, 6.45) is 14.4. The third-order valence-corrected chi connectivity index (χ3v) is 9.60. The van der Waals surface area contributed by atoms with Crippen LogP contribution in [0.3, 0.4) is 0 Å². The van der Waals surface area contributed by atoms with Crippen LogP contribution in [0.1, 0.15) is 77.2 Å². The average molecular weight is 365 g/mol. The maximum atomic E-state index is 11.3. The molecule has 1 aromatic rings. The number of rotatable bonds is 1. The lowest BCUT2D eigenvalue weighted by Gasteiger charge is -2.60. The van der Waals surface area contributed by atoms with E-state index in [2.05, 4.69) is 50.3 Å². The molecule has 0 heterocycles. The molecule has 1 aromatic carbocycles. The largest absolute Gasteiger partial charge is 0.388 e. The minimum absolute atomic E-state index is 0.0969. The van der Waals surface area contributed by atoms with Crippen LogP contribution in [-0.2, 0) is 0 Å². The first-order chi connectivity index (χ1) is 13.0. The van der Waals surface area contributed by atoms with Crippen LogP contribution in [0.25, 0.3) is 6.08 Å². The SMILES string of the molecule is C[C@]12CCCC[C@@H]1CC[C@H]1[C@H]2CC[C@@]2(C)[C@H](O)/C(=C\c3ccccc3)C[C@H]12. The van der Waals surface area contributed by atoms with Crippen molar-refractivity contribution in [2.75, 3.05) is 0 Å². The molecule has 7 atom stereocenters. The second kappa shape index (κ2) is 6.48. The Morgan fingerprint density at radius 1 is 0.889 bits per heavy atom. The van der Waals surface area contributed by atoms with E-state index in [0.29, 0.717) is 11.3 Å². The molecule has 0 aliphatic heterocycles. The molecule has 0 saturated heterocycles. The molecule has 4 fully saturated rings. The van der Waals surface area contributed by atoms with E-state index in [1.54, 1.807) is 0 Å². The molecule has 27 heavy (non-hydrogen) atoms. The molecule has 4 aliphatic carbocycles. The Morgan fingerprint density at radius 3 is 2.52 bits per heavy atom. The molecular weight excluding hydrogens is 328 g/mol. The minimum atomic E-state index is -0.249. The summed E-state index contributed by atoms with van der Waals surface area (Å²) in [5, 5.41) is 11.3. The van der Waals surface area contributed by atoms with Crippen molar-refractivity contribution in [3.63, 3.8) is 0 Å². The Kier molecular flexibility index (Phi) is 4.31. The zero-order valence-corrected chi connectivity index (χ0v) is 17.2. The van der Waals surface area contributed by atoms with Gasteiger partial charge in [-0.1, -0.05) is 63.1 Å². The normalized spacial score (nSPS) is 48.0. The molecular formula is C26H36O. The molecule has 0 unspecified atom stereocenters. The highest BCUT2D eigenvalue weighted by Gasteiger charge is 2.60. The van der Waals surface area contributed by atoms with E-state index in [1.165, 1.54) is 62.5 Å². The summed E-state index contributed by atoms with van der Waals surface area (Å²) < 4.78 is 0. The van der Waals surface area contributed by atoms with E-state index < -0.39 is 0 Å². The van der Waals surface area contributed by atoms with Gasteiger partial charge in [-0.3, -0.25) is 0 Å². The summed E-state index contributed by atoms with van der Waals surface area (Å²) in [4.78, 5) is 0. The Hall–Kier alpha value is -1.08. The van der Waals surface area contributed by atoms with Crippen molar-refractivity contribution in [3.05, 3.63) is 41.5 Å². The monoisotopic (exact) mass is 364 g/mol. The summed E-state index contributed by atoms with van der Waals surface area (Å²) in [6.45, 7) is 5.04. The number of aliphatic hydroxyl groups excluding tert-OH is 1. The predicted molar refractivity (Wildman–Crippen MR) is 112 cm³/mol. The van der Waals surface area contributed by atoms with E-state index in [4.69, 9.17) is 0 Å². The lowest BCUT2D eigenvalue weighted by molar-refractivity contribution is -0.119. The molecule has 4 saturated carbocycles. The Morgan fingerprint density at radius 2 is 1.70 bits per heavy atom. The van der Waals surface area contributed by atoms with Crippen LogP contribution in [0.15, 0.2) is 35.9 Å². The van der Waals surface area contributed by atoms with Gasteiger partial charge in [0.15, 0.2) is 0 Å². The first-order valence-corrected chi connectivity index (χ1v) is 11.5. The van der Waals surface area contributed by atoms with Crippen LogP contribution in [0, 0.1) is 34.5 Å². The number of hydrogen-bond donors (Lipinski definition) is 1. The smallest absolute Gasteiger partial charge is 0.0809 e. The highest BCUT2D eigenvalue weighted by atomic mass is 16.3. The molecule has 0 amide bonds. The molecule has 0 bridgehead atoms. The second-order valence-electron chi connectivity index (χ2n) is 10.7. The molecule has 1 N–H and O–H groups in total. The molecule has 5 rings (SSSR count). The van der Waals surface area contributed by atoms with Crippen molar-refractivity contribution in [3.8, 4) is 0 Å². The van der Waals surface area contributed by atoms with Gasteiger partial charge in [0.2, 0.25) is 0 Å². The maximum Gasteiger partial charge on any atom is 0.0809 e. The first-order valence-electron chi connectivity index (χ1n) is 11.5. The van der Waals surface area contributed by atoms with Crippen molar-refractivity contribution >= 4 is 6.08 Å². The summed E-state index contributed by atoms with van der Waals surface area (Å²) in [5.41, 5.74) is 3.22. The van der Waals surface area contributed by atoms with Gasteiger partial charge in [0.05, 0.1) is 6.10 Å². The molecule has 0 spiro atoms. The molecule has 146 valence electrons. The van der Waals surface area contributed by atoms with Gasteiger partial charge in [0, 0.05) is 5.41 Å².